The summed E-state index contributed by atoms with van der Waals surface area (Å²) in [6.07, 6.45) is 6.36. The van der Waals surface area contributed by atoms with Gasteiger partial charge >= 0.3 is 0 Å². The Bertz CT molecular complexity index is 412. The molecule has 0 aliphatic carbocycles. The largest absolute Gasteiger partial charge is 0.357 e. The monoisotopic (exact) mass is 508 g/mol. The van der Waals surface area contributed by atoms with E-state index < -0.39 is 0 Å². The number of guanidine groups is 1. The number of likely N-dealkylation sites (tertiary alicyclic amines) is 1. The van der Waals surface area contributed by atoms with Crippen LogP contribution in [0.25, 0.3) is 0 Å². The molecule has 0 spiro atoms. The minimum absolute atomic E-state index is 0. The molecule has 2 aliphatic heterocycles. The summed E-state index contributed by atoms with van der Waals surface area (Å²) in [7, 11) is 2.23. The minimum atomic E-state index is 0. The van der Waals surface area contributed by atoms with E-state index >= 15 is 0 Å². The first-order chi connectivity index (χ1) is 13.2. The van der Waals surface area contributed by atoms with Crippen LogP contribution in [0.4, 0.5) is 0 Å². The van der Waals surface area contributed by atoms with Crippen molar-refractivity contribution < 1.29 is 0 Å². The normalized spacial score (nSPS) is 21.2. The number of hydrogen-bond acceptors (Lipinski definition) is 4. The van der Waals surface area contributed by atoms with Crippen LogP contribution in [-0.2, 0) is 0 Å². The molecule has 2 N–H and O–H groups in total. The molecule has 28 heavy (non-hydrogen) atoms. The molecule has 166 valence electrons. The molecular formula is C21H45IN6. The van der Waals surface area contributed by atoms with Crippen LogP contribution in [0.15, 0.2) is 4.99 Å². The van der Waals surface area contributed by atoms with Gasteiger partial charge in [0.1, 0.15) is 0 Å². The zero-order valence-electron chi connectivity index (χ0n) is 18.6. The Morgan fingerprint density at radius 1 is 0.929 bits per heavy atom. The first-order valence-corrected chi connectivity index (χ1v) is 11.3. The molecule has 2 rings (SSSR count). The summed E-state index contributed by atoms with van der Waals surface area (Å²) in [6, 6.07) is 0. The summed E-state index contributed by atoms with van der Waals surface area (Å²) in [5.41, 5.74) is 0. The van der Waals surface area contributed by atoms with Crippen LogP contribution in [0.5, 0.6) is 0 Å². The quantitative estimate of drug-likeness (QED) is 0.217. The van der Waals surface area contributed by atoms with Gasteiger partial charge in [0.2, 0.25) is 0 Å². The van der Waals surface area contributed by atoms with Gasteiger partial charge in [0.25, 0.3) is 0 Å². The lowest BCUT2D eigenvalue weighted by Gasteiger charge is -2.29. The van der Waals surface area contributed by atoms with Crippen molar-refractivity contribution in [2.45, 2.75) is 46.0 Å². The lowest BCUT2D eigenvalue weighted by Crippen LogP contribution is -2.39. The zero-order chi connectivity index (χ0) is 19.3. The Hall–Kier alpha value is -0.120. The summed E-state index contributed by atoms with van der Waals surface area (Å²) in [5, 5.41) is 6.90. The fourth-order valence-corrected chi connectivity index (χ4v) is 3.95. The van der Waals surface area contributed by atoms with Crippen LogP contribution in [-0.4, -0.2) is 99.7 Å². The van der Waals surface area contributed by atoms with E-state index in [2.05, 4.69) is 46.2 Å². The maximum Gasteiger partial charge on any atom is 0.191 e. The van der Waals surface area contributed by atoms with Crippen molar-refractivity contribution in [2.24, 2.45) is 10.9 Å². The van der Waals surface area contributed by atoms with E-state index in [1.165, 1.54) is 78.0 Å². The van der Waals surface area contributed by atoms with E-state index in [4.69, 9.17) is 4.99 Å². The lowest BCUT2D eigenvalue weighted by molar-refractivity contribution is 0.192. The molecule has 0 amide bonds. The van der Waals surface area contributed by atoms with Crippen molar-refractivity contribution in [1.29, 1.82) is 0 Å². The van der Waals surface area contributed by atoms with Crippen LogP contribution < -0.4 is 10.6 Å². The highest BCUT2D eigenvalue weighted by Gasteiger charge is 2.14. The van der Waals surface area contributed by atoms with Crippen LogP contribution >= 0.6 is 24.0 Å². The number of piperidine rings is 1. The topological polar surface area (TPSA) is 46.1 Å². The SMILES string of the molecule is CCNC(=NCCCN1CCC(C)CC1)NCCCN1CCCN(C)CC1.I. The van der Waals surface area contributed by atoms with Gasteiger partial charge in [-0.15, -0.1) is 24.0 Å². The second kappa shape index (κ2) is 15.7. The third kappa shape index (κ3) is 11.2. The fraction of sp³-hybridized carbons (Fsp3) is 0.952. The summed E-state index contributed by atoms with van der Waals surface area (Å²) in [5.74, 6) is 1.90. The number of likely N-dealkylation sites (N-methyl/N-ethyl adjacent to an activating group) is 1. The smallest absolute Gasteiger partial charge is 0.191 e. The Balaban J connectivity index is 0.00000392. The summed E-state index contributed by atoms with van der Waals surface area (Å²) in [6.45, 7) is 17.2. The molecule has 0 unspecified atom stereocenters. The molecule has 2 fully saturated rings. The summed E-state index contributed by atoms with van der Waals surface area (Å²) >= 11 is 0. The van der Waals surface area contributed by atoms with Gasteiger partial charge in [0, 0.05) is 32.7 Å². The number of rotatable bonds is 9. The van der Waals surface area contributed by atoms with E-state index in [0.717, 1.165) is 37.9 Å². The lowest BCUT2D eigenvalue weighted by atomic mass is 9.99. The van der Waals surface area contributed by atoms with Crippen molar-refractivity contribution in [2.75, 3.05) is 79.0 Å². The average Bonchev–Trinajstić information content (AvgIpc) is 2.88. The molecular weight excluding hydrogens is 463 g/mol. The van der Waals surface area contributed by atoms with Gasteiger partial charge in [-0.25, -0.2) is 0 Å². The second-order valence-corrected chi connectivity index (χ2v) is 8.42. The molecule has 7 heteroatoms. The van der Waals surface area contributed by atoms with Gasteiger partial charge in [0.05, 0.1) is 0 Å². The molecule has 0 aromatic heterocycles. The Labute approximate surface area is 190 Å². The third-order valence-corrected chi connectivity index (χ3v) is 5.88. The number of nitrogens with one attached hydrogen (secondary N) is 2. The molecule has 0 bridgehead atoms. The predicted molar refractivity (Wildman–Crippen MR) is 132 cm³/mol. The van der Waals surface area contributed by atoms with Crippen molar-refractivity contribution in [3.05, 3.63) is 0 Å². The number of halogens is 1. The highest BCUT2D eigenvalue weighted by molar-refractivity contribution is 14.0. The van der Waals surface area contributed by atoms with E-state index in [0.29, 0.717) is 0 Å². The molecule has 2 heterocycles. The maximum absolute atomic E-state index is 4.77. The Morgan fingerprint density at radius 3 is 2.39 bits per heavy atom. The van der Waals surface area contributed by atoms with Gasteiger partial charge in [0.15, 0.2) is 5.96 Å². The van der Waals surface area contributed by atoms with Crippen LogP contribution in [0, 0.1) is 5.92 Å². The zero-order valence-corrected chi connectivity index (χ0v) is 20.9. The van der Waals surface area contributed by atoms with Crippen molar-refractivity contribution in [1.82, 2.24) is 25.3 Å². The predicted octanol–water partition coefficient (Wildman–Crippen LogP) is 2.31. The van der Waals surface area contributed by atoms with Crippen LogP contribution in [0.3, 0.4) is 0 Å². The van der Waals surface area contributed by atoms with Gasteiger partial charge in [-0.1, -0.05) is 6.92 Å². The van der Waals surface area contributed by atoms with Gasteiger partial charge in [-0.3, -0.25) is 4.99 Å². The molecule has 0 saturated carbocycles. The molecule has 0 atom stereocenters. The molecule has 2 aliphatic rings. The maximum atomic E-state index is 4.77. The fourth-order valence-electron chi connectivity index (χ4n) is 3.95. The highest BCUT2D eigenvalue weighted by Crippen LogP contribution is 2.15. The van der Waals surface area contributed by atoms with Crippen molar-refractivity contribution >= 4 is 29.9 Å². The van der Waals surface area contributed by atoms with Gasteiger partial charge in [-0.2, -0.15) is 0 Å². The summed E-state index contributed by atoms with van der Waals surface area (Å²) in [4.78, 5) is 12.4. The van der Waals surface area contributed by atoms with E-state index in [-0.39, 0.29) is 24.0 Å². The third-order valence-electron chi connectivity index (χ3n) is 5.88. The Kier molecular flexibility index (Phi) is 14.5. The van der Waals surface area contributed by atoms with Gasteiger partial charge in [-0.05, 0) is 91.3 Å². The summed E-state index contributed by atoms with van der Waals surface area (Å²) < 4.78 is 0. The standard InChI is InChI=1S/C21H44N6.HI/c1-4-22-21(24-11-6-14-27-16-8-20(2)9-17-27)23-10-5-13-26-15-7-12-25(3)18-19-26;/h20H,4-19H2,1-3H3,(H2,22,23,24);1H. The highest BCUT2D eigenvalue weighted by atomic mass is 127. The molecule has 0 radical (unpaired) electrons. The number of hydrogen-bond donors (Lipinski definition) is 2. The number of aliphatic imine (C=N–C) groups is 1. The average molecular weight is 509 g/mol. The molecule has 2 saturated heterocycles. The van der Waals surface area contributed by atoms with Crippen molar-refractivity contribution in [3.8, 4) is 0 Å². The van der Waals surface area contributed by atoms with E-state index in [1.54, 1.807) is 0 Å². The van der Waals surface area contributed by atoms with Gasteiger partial charge < -0.3 is 25.3 Å². The van der Waals surface area contributed by atoms with Crippen LogP contribution in [0.2, 0.25) is 0 Å². The minimum Gasteiger partial charge on any atom is -0.357 e. The molecule has 0 aromatic carbocycles. The second-order valence-electron chi connectivity index (χ2n) is 8.42. The first-order valence-electron chi connectivity index (χ1n) is 11.3. The first kappa shape index (κ1) is 25.9. The van der Waals surface area contributed by atoms with Crippen molar-refractivity contribution in [3.63, 3.8) is 0 Å². The van der Waals surface area contributed by atoms with E-state index in [1.807, 2.05) is 0 Å². The number of nitrogens with zero attached hydrogens (tertiary/aromatic N) is 4. The molecule has 0 aromatic rings. The Morgan fingerprint density at radius 2 is 1.64 bits per heavy atom. The van der Waals surface area contributed by atoms with Crippen LogP contribution in [0.1, 0.15) is 46.0 Å². The van der Waals surface area contributed by atoms with E-state index in [9.17, 15) is 0 Å². The molecule has 6 nitrogen and oxygen atoms in total.